The number of methoxy groups -OCH3 is 1. The van der Waals surface area contributed by atoms with Gasteiger partial charge in [-0.1, -0.05) is 19.1 Å². The van der Waals surface area contributed by atoms with E-state index in [0.29, 0.717) is 13.1 Å². The molecule has 1 aromatic carbocycles. The third-order valence-corrected chi connectivity index (χ3v) is 5.72. The van der Waals surface area contributed by atoms with Crippen LogP contribution < -0.4 is 10.5 Å². The van der Waals surface area contributed by atoms with Crippen LogP contribution in [-0.2, 0) is 9.59 Å². The zero-order chi connectivity index (χ0) is 18.2. The molecule has 136 valence electrons. The molecule has 0 radical (unpaired) electrons. The second kappa shape index (κ2) is 6.67. The van der Waals surface area contributed by atoms with Gasteiger partial charge in [-0.15, -0.1) is 0 Å². The first-order valence-corrected chi connectivity index (χ1v) is 8.77. The summed E-state index contributed by atoms with van der Waals surface area (Å²) in [6.07, 6.45) is 1.18. The van der Waals surface area contributed by atoms with Gasteiger partial charge >= 0.3 is 0 Å². The second-order valence-electron chi connectivity index (χ2n) is 7.56. The van der Waals surface area contributed by atoms with Crippen LogP contribution in [0.5, 0.6) is 5.75 Å². The molecule has 0 bridgehead atoms. The fourth-order valence-corrected chi connectivity index (χ4v) is 3.96. The summed E-state index contributed by atoms with van der Waals surface area (Å²) in [5, 5.41) is 0. The van der Waals surface area contributed by atoms with Gasteiger partial charge in [0.25, 0.3) is 0 Å². The van der Waals surface area contributed by atoms with Crippen molar-refractivity contribution in [1.82, 2.24) is 9.80 Å². The number of benzene rings is 1. The normalized spacial score (nSPS) is 29.4. The highest BCUT2D eigenvalue weighted by Gasteiger charge is 2.46. The van der Waals surface area contributed by atoms with Gasteiger partial charge < -0.3 is 20.3 Å². The van der Waals surface area contributed by atoms with E-state index in [1.165, 1.54) is 0 Å². The molecule has 2 aliphatic rings. The Morgan fingerprint density at radius 2 is 2.04 bits per heavy atom. The number of nitrogens with zero attached hydrogens (tertiary/aromatic N) is 2. The number of likely N-dealkylation sites (tertiary alicyclic amines) is 2. The molecule has 2 N–H and O–H groups in total. The van der Waals surface area contributed by atoms with Crippen LogP contribution in [-0.4, -0.2) is 55.4 Å². The van der Waals surface area contributed by atoms with Crippen molar-refractivity contribution in [3.8, 4) is 5.75 Å². The second-order valence-corrected chi connectivity index (χ2v) is 7.56. The molecule has 6 heteroatoms. The largest absolute Gasteiger partial charge is 0.497 e. The molecule has 3 atom stereocenters. The highest BCUT2D eigenvalue weighted by molar-refractivity contribution is 5.90. The molecule has 2 amide bonds. The summed E-state index contributed by atoms with van der Waals surface area (Å²) in [6, 6.07) is 7.39. The van der Waals surface area contributed by atoms with Crippen LogP contribution in [0.25, 0.3) is 0 Å². The van der Waals surface area contributed by atoms with Gasteiger partial charge in [0.1, 0.15) is 5.75 Å². The summed E-state index contributed by atoms with van der Waals surface area (Å²) in [4.78, 5) is 29.0. The molecule has 2 saturated heterocycles. The Labute approximate surface area is 148 Å². The minimum absolute atomic E-state index is 0.0138. The maximum atomic E-state index is 13.1. The zero-order valence-electron chi connectivity index (χ0n) is 15.2. The molecule has 25 heavy (non-hydrogen) atoms. The van der Waals surface area contributed by atoms with Crippen molar-refractivity contribution < 1.29 is 14.3 Å². The Morgan fingerprint density at radius 1 is 1.36 bits per heavy atom. The van der Waals surface area contributed by atoms with Crippen LogP contribution in [0.2, 0.25) is 0 Å². The summed E-state index contributed by atoms with van der Waals surface area (Å²) < 4.78 is 5.20. The van der Waals surface area contributed by atoms with Crippen molar-refractivity contribution in [2.24, 2.45) is 17.1 Å². The molecule has 3 rings (SSSR count). The van der Waals surface area contributed by atoms with E-state index in [9.17, 15) is 9.59 Å². The van der Waals surface area contributed by atoms with E-state index in [4.69, 9.17) is 10.5 Å². The Bertz CT molecular complexity index is 660. The third kappa shape index (κ3) is 3.23. The van der Waals surface area contributed by atoms with Gasteiger partial charge in [-0.2, -0.15) is 0 Å². The van der Waals surface area contributed by atoms with Crippen LogP contribution in [0.15, 0.2) is 24.3 Å². The monoisotopic (exact) mass is 345 g/mol. The number of carbonyl (C=O) groups is 2. The first kappa shape index (κ1) is 17.7. The molecule has 0 saturated carbocycles. The molecule has 0 spiro atoms. The molecular formula is C19H27N3O3. The van der Waals surface area contributed by atoms with Gasteiger partial charge in [0.05, 0.1) is 19.1 Å². The summed E-state index contributed by atoms with van der Waals surface area (Å²) >= 11 is 0. The van der Waals surface area contributed by atoms with Gasteiger partial charge in [-0.05, 0) is 36.1 Å². The summed E-state index contributed by atoms with van der Waals surface area (Å²) in [6.45, 7) is 4.08. The van der Waals surface area contributed by atoms with E-state index in [1.54, 1.807) is 19.1 Å². The van der Waals surface area contributed by atoms with Crippen LogP contribution in [0.3, 0.4) is 0 Å². The molecule has 2 aliphatic heterocycles. The van der Waals surface area contributed by atoms with Gasteiger partial charge in [-0.25, -0.2) is 0 Å². The Morgan fingerprint density at radius 3 is 2.60 bits per heavy atom. The number of amides is 2. The van der Waals surface area contributed by atoms with E-state index in [2.05, 4.69) is 6.92 Å². The number of hydrogen-bond donors (Lipinski definition) is 1. The lowest BCUT2D eigenvalue weighted by Gasteiger charge is -2.29. The highest BCUT2D eigenvalue weighted by atomic mass is 16.5. The van der Waals surface area contributed by atoms with Gasteiger partial charge in [0.15, 0.2) is 0 Å². The van der Waals surface area contributed by atoms with Crippen LogP contribution in [0, 0.1) is 11.3 Å². The minimum Gasteiger partial charge on any atom is -0.497 e. The Kier molecular flexibility index (Phi) is 4.73. The standard InChI is InChI=1S/C19H27N3O3/c1-19(11-20)8-9-22(12-19)18(24)15-10-16(23)21(2)17(15)13-4-6-14(25-3)7-5-13/h4-7,15,17H,8-12,20H2,1-3H3. The lowest BCUT2D eigenvalue weighted by molar-refractivity contribution is -0.135. The zero-order valence-corrected chi connectivity index (χ0v) is 15.2. The summed E-state index contributed by atoms with van der Waals surface area (Å²) in [5.41, 5.74) is 6.81. The summed E-state index contributed by atoms with van der Waals surface area (Å²) in [7, 11) is 3.40. The Balaban J connectivity index is 1.83. The first-order valence-electron chi connectivity index (χ1n) is 8.77. The van der Waals surface area contributed by atoms with Crippen LogP contribution in [0.4, 0.5) is 0 Å². The fourth-order valence-electron chi connectivity index (χ4n) is 3.96. The lowest BCUT2D eigenvalue weighted by Crippen LogP contribution is -2.39. The van der Waals surface area contributed by atoms with E-state index in [-0.39, 0.29) is 35.6 Å². The van der Waals surface area contributed by atoms with E-state index < -0.39 is 0 Å². The summed E-state index contributed by atoms with van der Waals surface area (Å²) in [5.74, 6) is 0.499. The average Bonchev–Trinajstić information content (AvgIpc) is 3.16. The first-order chi connectivity index (χ1) is 11.9. The van der Waals surface area contributed by atoms with Crippen LogP contribution >= 0.6 is 0 Å². The van der Waals surface area contributed by atoms with Crippen molar-refractivity contribution in [2.75, 3.05) is 33.8 Å². The smallest absolute Gasteiger partial charge is 0.228 e. The maximum Gasteiger partial charge on any atom is 0.228 e. The minimum atomic E-state index is -0.342. The van der Waals surface area contributed by atoms with E-state index in [0.717, 1.165) is 24.3 Å². The van der Waals surface area contributed by atoms with Gasteiger partial charge in [-0.3, -0.25) is 9.59 Å². The van der Waals surface area contributed by atoms with Crippen molar-refractivity contribution in [1.29, 1.82) is 0 Å². The number of carbonyl (C=O) groups excluding carboxylic acids is 2. The molecular weight excluding hydrogens is 318 g/mol. The SMILES string of the molecule is COc1ccc(C2C(C(=O)N3CCC(C)(CN)C3)CC(=O)N2C)cc1. The predicted molar refractivity (Wildman–Crippen MR) is 95.0 cm³/mol. The number of ether oxygens (including phenoxy) is 1. The van der Waals surface area contributed by atoms with Gasteiger partial charge in [0.2, 0.25) is 11.8 Å². The van der Waals surface area contributed by atoms with E-state index >= 15 is 0 Å². The number of hydrogen-bond acceptors (Lipinski definition) is 4. The Hall–Kier alpha value is -2.08. The number of rotatable bonds is 4. The molecule has 0 aromatic heterocycles. The maximum absolute atomic E-state index is 13.1. The molecule has 0 aliphatic carbocycles. The molecule has 2 fully saturated rings. The third-order valence-electron chi connectivity index (χ3n) is 5.72. The van der Waals surface area contributed by atoms with Gasteiger partial charge in [0, 0.05) is 26.6 Å². The topological polar surface area (TPSA) is 75.9 Å². The quantitative estimate of drug-likeness (QED) is 0.895. The van der Waals surface area contributed by atoms with Crippen molar-refractivity contribution >= 4 is 11.8 Å². The van der Waals surface area contributed by atoms with Crippen molar-refractivity contribution in [3.63, 3.8) is 0 Å². The molecule has 2 heterocycles. The fraction of sp³-hybridized carbons (Fsp3) is 0.579. The molecule has 1 aromatic rings. The van der Waals surface area contributed by atoms with Crippen LogP contribution in [0.1, 0.15) is 31.4 Å². The average molecular weight is 345 g/mol. The molecule has 6 nitrogen and oxygen atoms in total. The van der Waals surface area contributed by atoms with Crippen molar-refractivity contribution in [2.45, 2.75) is 25.8 Å². The van der Waals surface area contributed by atoms with E-state index in [1.807, 2.05) is 29.2 Å². The van der Waals surface area contributed by atoms with Crippen molar-refractivity contribution in [3.05, 3.63) is 29.8 Å². The lowest BCUT2D eigenvalue weighted by atomic mass is 9.90. The molecule has 3 unspecified atom stereocenters. The highest BCUT2D eigenvalue weighted by Crippen LogP contribution is 2.40. The number of nitrogens with two attached hydrogens (primary N) is 1. The predicted octanol–water partition coefficient (Wildman–Crippen LogP) is 1.41.